The van der Waals surface area contributed by atoms with Crippen LogP contribution in [0.15, 0.2) is 10.6 Å². The van der Waals surface area contributed by atoms with Crippen LogP contribution in [-0.2, 0) is 6.54 Å². The Balaban J connectivity index is 2.52. The van der Waals surface area contributed by atoms with Crippen molar-refractivity contribution in [1.29, 1.82) is 0 Å². The van der Waals surface area contributed by atoms with E-state index in [1.165, 1.54) is 6.07 Å². The SMILES string of the molecule is CCn1nc(C)c(-c2cc(C(=O)O)no2)c1C. The van der Waals surface area contributed by atoms with E-state index in [0.717, 1.165) is 23.5 Å². The van der Waals surface area contributed by atoms with Crippen molar-refractivity contribution >= 4 is 5.97 Å². The van der Waals surface area contributed by atoms with Crippen molar-refractivity contribution in [3.63, 3.8) is 0 Å². The van der Waals surface area contributed by atoms with Gasteiger partial charge >= 0.3 is 5.97 Å². The van der Waals surface area contributed by atoms with Crippen LogP contribution < -0.4 is 0 Å². The van der Waals surface area contributed by atoms with E-state index >= 15 is 0 Å². The summed E-state index contributed by atoms with van der Waals surface area (Å²) in [5.74, 6) is -0.657. The highest BCUT2D eigenvalue weighted by atomic mass is 16.5. The molecule has 0 atom stereocenters. The van der Waals surface area contributed by atoms with E-state index in [2.05, 4.69) is 10.3 Å². The van der Waals surface area contributed by atoms with Gasteiger partial charge in [0.1, 0.15) is 0 Å². The van der Waals surface area contributed by atoms with Gasteiger partial charge in [-0.3, -0.25) is 4.68 Å². The summed E-state index contributed by atoms with van der Waals surface area (Å²) in [5, 5.41) is 16.6. The molecule has 2 rings (SSSR count). The summed E-state index contributed by atoms with van der Waals surface area (Å²) in [6, 6.07) is 1.42. The van der Waals surface area contributed by atoms with Gasteiger partial charge in [-0.25, -0.2) is 4.79 Å². The van der Waals surface area contributed by atoms with E-state index in [4.69, 9.17) is 9.63 Å². The zero-order chi connectivity index (χ0) is 12.6. The number of aryl methyl sites for hydroxylation is 2. The number of carbonyl (C=O) groups is 1. The van der Waals surface area contributed by atoms with Crippen molar-refractivity contribution in [3.05, 3.63) is 23.1 Å². The monoisotopic (exact) mass is 235 g/mol. The van der Waals surface area contributed by atoms with Crippen LogP contribution in [0.1, 0.15) is 28.8 Å². The minimum absolute atomic E-state index is 0.0944. The number of hydrogen-bond donors (Lipinski definition) is 1. The fourth-order valence-corrected chi connectivity index (χ4v) is 1.86. The van der Waals surface area contributed by atoms with E-state index in [-0.39, 0.29) is 5.69 Å². The fourth-order valence-electron chi connectivity index (χ4n) is 1.86. The predicted molar refractivity (Wildman–Crippen MR) is 59.8 cm³/mol. The van der Waals surface area contributed by atoms with E-state index in [9.17, 15) is 4.79 Å². The number of aromatic carboxylic acids is 1. The number of aromatic nitrogens is 3. The molecule has 0 aliphatic heterocycles. The Morgan fingerprint density at radius 3 is 2.71 bits per heavy atom. The fraction of sp³-hybridized carbons (Fsp3) is 0.364. The first kappa shape index (κ1) is 11.4. The Hall–Kier alpha value is -2.11. The molecule has 17 heavy (non-hydrogen) atoms. The molecule has 6 heteroatoms. The van der Waals surface area contributed by atoms with Crippen LogP contribution in [-0.4, -0.2) is 26.0 Å². The van der Waals surface area contributed by atoms with Gasteiger partial charge < -0.3 is 9.63 Å². The molecule has 0 saturated carbocycles. The zero-order valence-corrected chi connectivity index (χ0v) is 9.89. The van der Waals surface area contributed by atoms with Gasteiger partial charge in [-0.15, -0.1) is 0 Å². The summed E-state index contributed by atoms with van der Waals surface area (Å²) in [6.45, 7) is 6.53. The van der Waals surface area contributed by atoms with Gasteiger partial charge in [0.2, 0.25) is 0 Å². The van der Waals surface area contributed by atoms with Crippen molar-refractivity contribution in [3.8, 4) is 11.3 Å². The number of nitrogens with zero attached hydrogens (tertiary/aromatic N) is 3. The molecule has 2 heterocycles. The van der Waals surface area contributed by atoms with Gasteiger partial charge in [0, 0.05) is 18.3 Å². The smallest absolute Gasteiger partial charge is 0.358 e. The first-order chi connectivity index (χ1) is 8.04. The van der Waals surface area contributed by atoms with Gasteiger partial charge in [-0.2, -0.15) is 5.10 Å². The van der Waals surface area contributed by atoms with Crippen LogP contribution in [0, 0.1) is 13.8 Å². The molecule has 90 valence electrons. The standard InChI is InChI=1S/C11H13N3O3/c1-4-14-7(3)10(6(2)12-14)9-5-8(11(15)16)13-17-9/h5H,4H2,1-3H3,(H,15,16). The Morgan fingerprint density at radius 1 is 1.53 bits per heavy atom. The van der Waals surface area contributed by atoms with Crippen molar-refractivity contribution in [2.45, 2.75) is 27.3 Å². The second-order valence-electron chi connectivity index (χ2n) is 3.74. The van der Waals surface area contributed by atoms with Gasteiger partial charge in [-0.05, 0) is 20.8 Å². The molecule has 0 unspecified atom stereocenters. The molecule has 0 aromatic carbocycles. The van der Waals surface area contributed by atoms with Crippen LogP contribution in [0.25, 0.3) is 11.3 Å². The first-order valence-corrected chi connectivity index (χ1v) is 5.29. The lowest BCUT2D eigenvalue weighted by Crippen LogP contribution is -1.98. The van der Waals surface area contributed by atoms with Crippen LogP contribution in [0.5, 0.6) is 0 Å². The molecule has 0 spiro atoms. The van der Waals surface area contributed by atoms with Crippen molar-refractivity contribution in [1.82, 2.24) is 14.9 Å². The molecular formula is C11H13N3O3. The third-order valence-electron chi connectivity index (χ3n) is 2.66. The van der Waals surface area contributed by atoms with Crippen LogP contribution in [0.4, 0.5) is 0 Å². The molecule has 0 amide bonds. The quantitative estimate of drug-likeness (QED) is 0.878. The number of carboxylic acids is 1. The summed E-state index contributed by atoms with van der Waals surface area (Å²) in [6.07, 6.45) is 0. The third kappa shape index (κ3) is 1.82. The van der Waals surface area contributed by atoms with Gasteiger partial charge in [-0.1, -0.05) is 5.16 Å². The van der Waals surface area contributed by atoms with Crippen molar-refractivity contribution in [2.75, 3.05) is 0 Å². The summed E-state index contributed by atoms with van der Waals surface area (Å²) >= 11 is 0. The molecule has 2 aromatic rings. The Kier molecular flexibility index (Phi) is 2.71. The predicted octanol–water partition coefficient (Wildman–Crippen LogP) is 1.87. The molecule has 2 aromatic heterocycles. The maximum Gasteiger partial charge on any atom is 0.358 e. The number of rotatable bonds is 3. The maximum atomic E-state index is 10.7. The van der Waals surface area contributed by atoms with E-state index in [0.29, 0.717) is 5.76 Å². The van der Waals surface area contributed by atoms with E-state index in [1.807, 2.05) is 25.5 Å². The summed E-state index contributed by atoms with van der Waals surface area (Å²) in [7, 11) is 0. The minimum Gasteiger partial charge on any atom is -0.476 e. The molecule has 0 radical (unpaired) electrons. The van der Waals surface area contributed by atoms with E-state index in [1.54, 1.807) is 0 Å². The van der Waals surface area contributed by atoms with E-state index < -0.39 is 5.97 Å². The summed E-state index contributed by atoms with van der Waals surface area (Å²) in [4.78, 5) is 10.7. The van der Waals surface area contributed by atoms with Crippen molar-refractivity contribution < 1.29 is 14.4 Å². The topological polar surface area (TPSA) is 81.2 Å². The molecule has 0 bridgehead atoms. The van der Waals surface area contributed by atoms with Crippen molar-refractivity contribution in [2.24, 2.45) is 0 Å². The Morgan fingerprint density at radius 2 is 2.24 bits per heavy atom. The first-order valence-electron chi connectivity index (χ1n) is 5.29. The lowest BCUT2D eigenvalue weighted by Gasteiger charge is -1.98. The summed E-state index contributed by atoms with van der Waals surface area (Å²) < 4.78 is 6.89. The van der Waals surface area contributed by atoms with Crippen LogP contribution in [0.2, 0.25) is 0 Å². The van der Waals surface area contributed by atoms with Crippen LogP contribution >= 0.6 is 0 Å². The second kappa shape index (κ2) is 4.04. The molecular weight excluding hydrogens is 222 g/mol. The number of hydrogen-bond acceptors (Lipinski definition) is 4. The van der Waals surface area contributed by atoms with Crippen LogP contribution in [0.3, 0.4) is 0 Å². The minimum atomic E-state index is -1.10. The molecule has 1 N–H and O–H groups in total. The highest BCUT2D eigenvalue weighted by Gasteiger charge is 2.19. The largest absolute Gasteiger partial charge is 0.476 e. The zero-order valence-electron chi connectivity index (χ0n) is 9.89. The molecule has 6 nitrogen and oxygen atoms in total. The Bertz CT molecular complexity index is 569. The highest BCUT2D eigenvalue weighted by Crippen LogP contribution is 2.27. The molecule has 0 aliphatic carbocycles. The maximum absolute atomic E-state index is 10.7. The normalized spacial score (nSPS) is 10.8. The number of carboxylic acid groups (broad SMARTS) is 1. The highest BCUT2D eigenvalue weighted by molar-refractivity contribution is 5.86. The molecule has 0 aliphatic rings. The average Bonchev–Trinajstić information content (AvgIpc) is 2.83. The van der Waals surface area contributed by atoms with Gasteiger partial charge in [0.25, 0.3) is 0 Å². The molecule has 0 fully saturated rings. The second-order valence-corrected chi connectivity index (χ2v) is 3.74. The average molecular weight is 235 g/mol. The lowest BCUT2D eigenvalue weighted by atomic mass is 10.1. The lowest BCUT2D eigenvalue weighted by molar-refractivity contribution is 0.0686. The Labute approximate surface area is 97.8 Å². The molecule has 0 saturated heterocycles. The van der Waals surface area contributed by atoms with Gasteiger partial charge in [0.15, 0.2) is 11.5 Å². The summed E-state index contributed by atoms with van der Waals surface area (Å²) in [5.41, 5.74) is 2.46. The van der Waals surface area contributed by atoms with Gasteiger partial charge in [0.05, 0.1) is 11.3 Å². The third-order valence-corrected chi connectivity index (χ3v) is 2.66.